The second-order valence-corrected chi connectivity index (χ2v) is 7.08. The molecule has 90 valence electrons. The van der Waals surface area contributed by atoms with Crippen LogP contribution in [-0.2, 0) is 9.84 Å². The van der Waals surface area contributed by atoms with Gasteiger partial charge in [-0.3, -0.25) is 4.98 Å². The van der Waals surface area contributed by atoms with Crippen molar-refractivity contribution in [2.45, 2.75) is 5.25 Å². The van der Waals surface area contributed by atoms with E-state index in [1.165, 1.54) is 6.26 Å². The minimum Gasteiger partial charge on any atom is -0.329 e. The van der Waals surface area contributed by atoms with Crippen LogP contribution in [0.2, 0.25) is 0 Å². The predicted octanol–water partition coefficient (Wildman–Crippen LogP) is 0.859. The first-order valence-electron chi connectivity index (χ1n) is 4.92. The molecule has 1 heterocycles. The van der Waals surface area contributed by atoms with Crippen LogP contribution in [0.5, 0.6) is 0 Å². The minimum absolute atomic E-state index is 0.143. The molecule has 1 rings (SSSR count). The largest absolute Gasteiger partial charge is 0.329 e. The maximum atomic E-state index is 11.0. The van der Waals surface area contributed by atoms with Crippen molar-refractivity contribution >= 4 is 21.6 Å². The molecule has 0 aliphatic heterocycles. The second kappa shape index (κ2) is 6.22. The highest BCUT2D eigenvalue weighted by Gasteiger charge is 2.11. The van der Waals surface area contributed by atoms with Gasteiger partial charge in [0.15, 0.2) is 0 Å². The molecule has 0 radical (unpaired) electrons. The summed E-state index contributed by atoms with van der Waals surface area (Å²) in [4.78, 5) is 3.94. The normalized spacial score (nSPS) is 13.6. The lowest BCUT2D eigenvalue weighted by molar-refractivity contribution is 0.603. The Bertz CT molecular complexity index is 406. The van der Waals surface area contributed by atoms with Gasteiger partial charge in [0.25, 0.3) is 0 Å². The first kappa shape index (κ1) is 13.5. The van der Waals surface area contributed by atoms with Gasteiger partial charge in [0.1, 0.15) is 9.84 Å². The first-order valence-corrected chi connectivity index (χ1v) is 8.03. The minimum atomic E-state index is -2.88. The molecule has 1 aromatic rings. The monoisotopic (exact) mass is 260 g/mol. The number of nitrogens with two attached hydrogens (primary N) is 1. The molecule has 1 aromatic heterocycles. The summed E-state index contributed by atoms with van der Waals surface area (Å²) in [5.41, 5.74) is 6.76. The zero-order valence-corrected chi connectivity index (χ0v) is 10.8. The van der Waals surface area contributed by atoms with Crippen molar-refractivity contribution in [3.8, 4) is 0 Å². The van der Waals surface area contributed by atoms with Crippen LogP contribution in [0.25, 0.3) is 0 Å². The molecule has 0 bridgehead atoms. The third-order valence-electron chi connectivity index (χ3n) is 2.07. The van der Waals surface area contributed by atoms with Crippen molar-refractivity contribution in [2.24, 2.45) is 5.73 Å². The van der Waals surface area contributed by atoms with E-state index in [1.807, 2.05) is 12.1 Å². The number of sulfone groups is 1. The zero-order chi connectivity index (χ0) is 12.0. The summed E-state index contributed by atoms with van der Waals surface area (Å²) in [5.74, 6) is 0.766. The Balaban J connectivity index is 2.51. The molecule has 1 atom stereocenters. The quantitative estimate of drug-likeness (QED) is 0.821. The molecule has 2 N–H and O–H groups in total. The highest BCUT2D eigenvalue weighted by molar-refractivity contribution is 8.00. The van der Waals surface area contributed by atoms with Crippen molar-refractivity contribution in [3.63, 3.8) is 0 Å². The molecule has 0 saturated carbocycles. The fraction of sp³-hybridized carbons (Fsp3) is 0.500. The molecule has 16 heavy (non-hydrogen) atoms. The summed E-state index contributed by atoms with van der Waals surface area (Å²) in [6.07, 6.45) is 4.68. The lowest BCUT2D eigenvalue weighted by Crippen LogP contribution is -2.12. The van der Waals surface area contributed by atoms with E-state index in [2.05, 4.69) is 4.98 Å². The number of hydrogen-bond donors (Lipinski definition) is 1. The lowest BCUT2D eigenvalue weighted by atomic mass is 10.2. The highest BCUT2D eigenvalue weighted by Crippen LogP contribution is 2.26. The van der Waals surface area contributed by atoms with Gasteiger partial charge in [-0.15, -0.1) is 0 Å². The average molecular weight is 260 g/mol. The van der Waals surface area contributed by atoms with E-state index in [1.54, 1.807) is 24.2 Å². The Morgan fingerprint density at radius 3 is 2.56 bits per heavy atom. The van der Waals surface area contributed by atoms with E-state index >= 15 is 0 Å². The number of hydrogen-bond acceptors (Lipinski definition) is 5. The molecule has 0 amide bonds. The van der Waals surface area contributed by atoms with Gasteiger partial charge in [0.05, 0.1) is 5.75 Å². The molecule has 0 aromatic carbocycles. The fourth-order valence-electron chi connectivity index (χ4n) is 1.22. The van der Waals surface area contributed by atoms with Crippen molar-refractivity contribution in [3.05, 3.63) is 30.1 Å². The molecule has 4 nitrogen and oxygen atoms in total. The molecule has 0 fully saturated rings. The topological polar surface area (TPSA) is 73.0 Å². The Morgan fingerprint density at radius 1 is 1.44 bits per heavy atom. The zero-order valence-electron chi connectivity index (χ0n) is 9.17. The fourth-order valence-corrected chi connectivity index (χ4v) is 3.59. The second-order valence-electron chi connectivity index (χ2n) is 3.51. The summed E-state index contributed by atoms with van der Waals surface area (Å²) < 4.78 is 22.0. The van der Waals surface area contributed by atoms with Crippen LogP contribution in [0.1, 0.15) is 10.8 Å². The van der Waals surface area contributed by atoms with E-state index in [0.717, 1.165) is 5.56 Å². The molecule has 6 heteroatoms. The van der Waals surface area contributed by atoms with Gasteiger partial charge >= 0.3 is 0 Å². The SMILES string of the molecule is CS(=O)(=O)CCSC(CN)c1ccncc1. The number of pyridine rings is 1. The third-order valence-corrected chi connectivity index (χ3v) is 4.58. The predicted molar refractivity (Wildman–Crippen MR) is 68.2 cm³/mol. The maximum Gasteiger partial charge on any atom is 0.148 e. The van der Waals surface area contributed by atoms with Crippen LogP contribution in [-0.4, -0.2) is 37.7 Å². The molecule has 0 spiro atoms. The van der Waals surface area contributed by atoms with E-state index < -0.39 is 9.84 Å². The summed E-state index contributed by atoms with van der Waals surface area (Å²) in [6.45, 7) is 0.498. The van der Waals surface area contributed by atoms with Crippen molar-refractivity contribution in [2.75, 3.05) is 24.3 Å². The van der Waals surface area contributed by atoms with E-state index in [9.17, 15) is 8.42 Å². The average Bonchev–Trinajstić information content (AvgIpc) is 2.24. The Hall–Kier alpha value is -0.590. The summed E-state index contributed by atoms with van der Waals surface area (Å²) >= 11 is 1.57. The van der Waals surface area contributed by atoms with Crippen LogP contribution >= 0.6 is 11.8 Å². The Kier molecular flexibility index (Phi) is 5.24. The van der Waals surface area contributed by atoms with Crippen LogP contribution in [0.4, 0.5) is 0 Å². The van der Waals surface area contributed by atoms with Crippen molar-refractivity contribution < 1.29 is 8.42 Å². The number of nitrogens with zero attached hydrogens (tertiary/aromatic N) is 1. The Labute approximate surface area is 101 Å². The maximum absolute atomic E-state index is 11.0. The summed E-state index contributed by atoms with van der Waals surface area (Å²) in [7, 11) is -2.88. The number of rotatable bonds is 6. The molecule has 0 saturated heterocycles. The van der Waals surface area contributed by atoms with E-state index in [-0.39, 0.29) is 11.0 Å². The lowest BCUT2D eigenvalue weighted by Gasteiger charge is -2.13. The highest BCUT2D eigenvalue weighted by atomic mass is 32.2. The molecule has 1 unspecified atom stereocenters. The standard InChI is InChI=1S/C10H16N2O2S2/c1-16(13,14)7-6-15-10(8-11)9-2-4-12-5-3-9/h2-5,10H,6-8,11H2,1H3. The van der Waals surface area contributed by atoms with Crippen LogP contribution < -0.4 is 5.73 Å². The van der Waals surface area contributed by atoms with E-state index in [4.69, 9.17) is 5.73 Å². The van der Waals surface area contributed by atoms with Gasteiger partial charge in [0.2, 0.25) is 0 Å². The van der Waals surface area contributed by atoms with Crippen molar-refractivity contribution in [1.29, 1.82) is 0 Å². The van der Waals surface area contributed by atoms with Gasteiger partial charge in [-0.25, -0.2) is 8.42 Å². The summed E-state index contributed by atoms with van der Waals surface area (Å²) in [6, 6.07) is 3.82. The van der Waals surface area contributed by atoms with Gasteiger partial charge < -0.3 is 5.73 Å². The molecule has 0 aliphatic rings. The van der Waals surface area contributed by atoms with E-state index in [0.29, 0.717) is 12.3 Å². The van der Waals surface area contributed by atoms with Crippen LogP contribution in [0.3, 0.4) is 0 Å². The van der Waals surface area contributed by atoms with Gasteiger partial charge in [-0.2, -0.15) is 11.8 Å². The van der Waals surface area contributed by atoms with Gasteiger partial charge in [-0.05, 0) is 17.7 Å². The molecule has 0 aliphatic carbocycles. The van der Waals surface area contributed by atoms with Crippen LogP contribution in [0.15, 0.2) is 24.5 Å². The Morgan fingerprint density at radius 2 is 2.06 bits per heavy atom. The number of aromatic nitrogens is 1. The number of thioether (sulfide) groups is 1. The van der Waals surface area contributed by atoms with Gasteiger partial charge in [-0.1, -0.05) is 0 Å². The van der Waals surface area contributed by atoms with Crippen molar-refractivity contribution in [1.82, 2.24) is 4.98 Å². The first-order chi connectivity index (χ1) is 7.53. The molecular weight excluding hydrogens is 244 g/mol. The van der Waals surface area contributed by atoms with Crippen LogP contribution in [0, 0.1) is 0 Å². The third kappa shape index (κ3) is 4.96. The summed E-state index contributed by atoms with van der Waals surface area (Å²) in [5, 5.41) is 0.143. The smallest absolute Gasteiger partial charge is 0.148 e. The molecular formula is C10H16N2O2S2. The van der Waals surface area contributed by atoms with Gasteiger partial charge in [0, 0.05) is 36.2 Å².